The van der Waals surface area contributed by atoms with Crippen molar-refractivity contribution in [3.63, 3.8) is 0 Å². The standard InChI is InChI=1S/C9H10O4S/c1-2-13-8-6-4-3-5-7(8)9(10)14(11)12/h3-6H,2H2,1H3,(H,11,12). The summed E-state index contributed by atoms with van der Waals surface area (Å²) in [6, 6.07) is 6.36. The van der Waals surface area contributed by atoms with Gasteiger partial charge in [-0.15, -0.1) is 0 Å². The van der Waals surface area contributed by atoms with Gasteiger partial charge in [0.2, 0.25) is 11.1 Å². The first-order valence-corrected chi connectivity index (χ1v) is 5.14. The molecular formula is C9H10O4S. The summed E-state index contributed by atoms with van der Waals surface area (Å²) < 4.78 is 24.3. The zero-order valence-electron chi connectivity index (χ0n) is 7.60. The molecule has 0 radical (unpaired) electrons. The Balaban J connectivity index is 3.06. The van der Waals surface area contributed by atoms with Crippen LogP contribution in [0.5, 0.6) is 5.75 Å². The first-order chi connectivity index (χ1) is 6.66. The Hall–Kier alpha value is -1.20. The number of hydrogen-bond donors (Lipinski definition) is 1. The Labute approximate surface area is 84.2 Å². The molecule has 1 aromatic carbocycles. The number of para-hydroxylation sites is 1. The van der Waals surface area contributed by atoms with Crippen LogP contribution in [0.2, 0.25) is 0 Å². The van der Waals surface area contributed by atoms with E-state index in [0.29, 0.717) is 12.4 Å². The number of carbonyl (C=O) groups is 1. The van der Waals surface area contributed by atoms with Gasteiger partial charge in [-0.1, -0.05) is 12.1 Å². The molecule has 1 atom stereocenters. The fraction of sp³-hybridized carbons (Fsp3) is 0.222. The average molecular weight is 214 g/mol. The number of hydrogen-bond acceptors (Lipinski definition) is 3. The highest BCUT2D eigenvalue weighted by Crippen LogP contribution is 2.19. The van der Waals surface area contributed by atoms with E-state index in [1.807, 2.05) is 0 Å². The highest BCUT2D eigenvalue weighted by Gasteiger charge is 2.16. The first kappa shape index (κ1) is 10.9. The Morgan fingerprint density at radius 1 is 1.50 bits per heavy atom. The van der Waals surface area contributed by atoms with Crippen LogP contribution in [0.4, 0.5) is 0 Å². The summed E-state index contributed by atoms with van der Waals surface area (Å²) in [6.07, 6.45) is 0. The summed E-state index contributed by atoms with van der Waals surface area (Å²) in [5.74, 6) is 0.336. The zero-order valence-corrected chi connectivity index (χ0v) is 8.41. The Morgan fingerprint density at radius 3 is 2.71 bits per heavy atom. The van der Waals surface area contributed by atoms with Gasteiger partial charge in [-0.05, 0) is 19.1 Å². The molecule has 1 rings (SSSR count). The maximum Gasteiger partial charge on any atom is 0.280 e. The third kappa shape index (κ3) is 2.40. The molecule has 1 unspecified atom stereocenters. The molecule has 0 fully saturated rings. The third-order valence-corrected chi connectivity index (χ3v) is 2.10. The molecule has 0 heterocycles. The minimum absolute atomic E-state index is 0.134. The zero-order chi connectivity index (χ0) is 10.6. The molecule has 76 valence electrons. The molecule has 4 nitrogen and oxygen atoms in total. The maximum absolute atomic E-state index is 11.2. The van der Waals surface area contributed by atoms with E-state index in [-0.39, 0.29) is 5.56 Å². The third-order valence-electron chi connectivity index (χ3n) is 1.57. The van der Waals surface area contributed by atoms with Crippen molar-refractivity contribution in [2.75, 3.05) is 6.61 Å². The molecule has 0 aliphatic carbocycles. The van der Waals surface area contributed by atoms with Gasteiger partial charge in [-0.3, -0.25) is 9.35 Å². The van der Waals surface area contributed by atoms with Gasteiger partial charge < -0.3 is 4.74 Å². The number of carbonyl (C=O) groups excluding carboxylic acids is 1. The van der Waals surface area contributed by atoms with Crippen molar-refractivity contribution in [3.05, 3.63) is 29.8 Å². The van der Waals surface area contributed by atoms with Crippen molar-refractivity contribution in [1.29, 1.82) is 0 Å². The van der Waals surface area contributed by atoms with Crippen molar-refractivity contribution in [2.24, 2.45) is 0 Å². The Kier molecular flexibility index (Phi) is 3.79. The monoisotopic (exact) mass is 214 g/mol. The van der Waals surface area contributed by atoms with Gasteiger partial charge in [0.1, 0.15) is 5.75 Å². The molecule has 0 saturated carbocycles. The quantitative estimate of drug-likeness (QED) is 0.773. The molecule has 0 aromatic heterocycles. The lowest BCUT2D eigenvalue weighted by Gasteiger charge is -2.06. The molecule has 0 spiro atoms. The summed E-state index contributed by atoms with van der Waals surface area (Å²) in [6.45, 7) is 2.18. The summed E-state index contributed by atoms with van der Waals surface area (Å²) >= 11 is -2.49. The van der Waals surface area contributed by atoms with E-state index in [0.717, 1.165) is 0 Å². The molecule has 0 bridgehead atoms. The normalized spacial score (nSPS) is 12.1. The minimum atomic E-state index is -2.49. The number of rotatable bonds is 3. The summed E-state index contributed by atoms with van der Waals surface area (Å²) in [5, 5.41) is -0.839. The second-order valence-corrected chi connectivity index (χ2v) is 3.33. The lowest BCUT2D eigenvalue weighted by atomic mass is 10.2. The molecule has 14 heavy (non-hydrogen) atoms. The van der Waals surface area contributed by atoms with Crippen LogP contribution in [0, 0.1) is 0 Å². The Morgan fingerprint density at radius 2 is 2.14 bits per heavy atom. The molecular weight excluding hydrogens is 204 g/mol. The average Bonchev–Trinajstić information content (AvgIpc) is 2.18. The van der Waals surface area contributed by atoms with Crippen LogP contribution in [-0.4, -0.2) is 20.5 Å². The van der Waals surface area contributed by atoms with Gasteiger partial charge in [0.05, 0.1) is 12.2 Å². The van der Waals surface area contributed by atoms with Crippen molar-refractivity contribution in [3.8, 4) is 5.75 Å². The molecule has 5 heteroatoms. The summed E-state index contributed by atoms with van der Waals surface area (Å²) in [4.78, 5) is 11.2. The van der Waals surface area contributed by atoms with Gasteiger partial charge in [-0.25, -0.2) is 4.21 Å². The van der Waals surface area contributed by atoms with Crippen LogP contribution in [0.25, 0.3) is 0 Å². The van der Waals surface area contributed by atoms with E-state index in [2.05, 4.69) is 0 Å². The minimum Gasteiger partial charge on any atom is -0.493 e. The van der Waals surface area contributed by atoms with Gasteiger partial charge in [0.25, 0.3) is 5.12 Å². The number of benzene rings is 1. The van der Waals surface area contributed by atoms with Crippen LogP contribution in [0.1, 0.15) is 17.3 Å². The lowest BCUT2D eigenvalue weighted by Crippen LogP contribution is -2.08. The summed E-state index contributed by atoms with van der Waals surface area (Å²) in [5.41, 5.74) is 0.134. The van der Waals surface area contributed by atoms with E-state index in [1.54, 1.807) is 25.1 Å². The first-order valence-electron chi connectivity index (χ1n) is 4.03. The highest BCUT2D eigenvalue weighted by molar-refractivity contribution is 7.95. The van der Waals surface area contributed by atoms with E-state index in [1.165, 1.54) is 6.07 Å². The Bertz CT molecular complexity index is 362. The van der Waals surface area contributed by atoms with E-state index >= 15 is 0 Å². The van der Waals surface area contributed by atoms with Crippen LogP contribution >= 0.6 is 0 Å². The van der Waals surface area contributed by atoms with Crippen LogP contribution < -0.4 is 4.74 Å². The van der Waals surface area contributed by atoms with Crippen molar-refractivity contribution < 1.29 is 18.3 Å². The van der Waals surface area contributed by atoms with Gasteiger partial charge >= 0.3 is 0 Å². The topological polar surface area (TPSA) is 63.6 Å². The molecule has 0 aliphatic heterocycles. The largest absolute Gasteiger partial charge is 0.493 e. The fourth-order valence-electron chi connectivity index (χ4n) is 1.01. The van der Waals surface area contributed by atoms with E-state index in [4.69, 9.17) is 9.29 Å². The van der Waals surface area contributed by atoms with E-state index < -0.39 is 16.2 Å². The van der Waals surface area contributed by atoms with Crippen molar-refractivity contribution in [1.82, 2.24) is 0 Å². The molecule has 1 N–H and O–H groups in total. The SMILES string of the molecule is CCOc1ccccc1C(=O)S(=O)O. The van der Waals surface area contributed by atoms with Crippen LogP contribution in [0.15, 0.2) is 24.3 Å². The molecule has 1 aromatic rings. The van der Waals surface area contributed by atoms with Crippen molar-refractivity contribution >= 4 is 16.2 Å². The lowest BCUT2D eigenvalue weighted by molar-refractivity contribution is 0.107. The second-order valence-electron chi connectivity index (χ2n) is 2.47. The molecule has 0 amide bonds. The highest BCUT2D eigenvalue weighted by atomic mass is 32.2. The van der Waals surface area contributed by atoms with Gasteiger partial charge in [-0.2, -0.15) is 0 Å². The van der Waals surface area contributed by atoms with E-state index in [9.17, 15) is 9.00 Å². The second kappa shape index (κ2) is 4.88. The van der Waals surface area contributed by atoms with Gasteiger partial charge in [0, 0.05) is 0 Å². The predicted octanol–water partition coefficient (Wildman–Crippen LogP) is 1.45. The number of ether oxygens (including phenoxy) is 1. The predicted molar refractivity (Wildman–Crippen MR) is 52.7 cm³/mol. The van der Waals surface area contributed by atoms with Crippen LogP contribution in [-0.2, 0) is 11.1 Å². The maximum atomic E-state index is 11.2. The van der Waals surface area contributed by atoms with Crippen LogP contribution in [0.3, 0.4) is 0 Å². The molecule has 0 aliphatic rings. The van der Waals surface area contributed by atoms with Crippen molar-refractivity contribution in [2.45, 2.75) is 6.92 Å². The summed E-state index contributed by atoms with van der Waals surface area (Å²) in [7, 11) is 0. The van der Waals surface area contributed by atoms with Gasteiger partial charge in [0.15, 0.2) is 0 Å². The smallest absolute Gasteiger partial charge is 0.280 e. The fourth-order valence-corrected chi connectivity index (χ4v) is 1.37. The molecule has 0 saturated heterocycles.